The summed E-state index contributed by atoms with van der Waals surface area (Å²) in [5.74, 6) is 0.820. The summed E-state index contributed by atoms with van der Waals surface area (Å²) in [6.45, 7) is 2.29. The smallest absolute Gasteiger partial charge is 0.0992 e. The molecule has 1 aliphatic rings. The van der Waals surface area contributed by atoms with Gasteiger partial charge in [-0.3, -0.25) is 0 Å². The first kappa shape index (κ1) is 11.5. The molecule has 0 radical (unpaired) electrons. The predicted molar refractivity (Wildman–Crippen MR) is 69.3 cm³/mol. The predicted octanol–water partition coefficient (Wildman–Crippen LogP) is 3.92. The van der Waals surface area contributed by atoms with Crippen LogP contribution in [-0.2, 0) is 0 Å². The lowest BCUT2D eigenvalue weighted by molar-refractivity contribution is 0.602. The van der Waals surface area contributed by atoms with Crippen LogP contribution in [0.5, 0.6) is 0 Å². The number of nitriles is 1. The Bertz CT molecular complexity index is 422. The van der Waals surface area contributed by atoms with Crippen molar-refractivity contribution in [1.82, 2.24) is 0 Å². The van der Waals surface area contributed by atoms with Crippen molar-refractivity contribution in [3.05, 3.63) is 28.2 Å². The van der Waals surface area contributed by atoms with E-state index in [9.17, 15) is 0 Å². The fraction of sp³-hybridized carbons (Fsp3) is 0.462. The Balaban J connectivity index is 2.10. The van der Waals surface area contributed by atoms with E-state index < -0.39 is 0 Å². The molecule has 0 aliphatic heterocycles. The van der Waals surface area contributed by atoms with Gasteiger partial charge in [0.2, 0.25) is 0 Å². The Morgan fingerprint density at radius 3 is 2.81 bits per heavy atom. The molecule has 0 amide bonds. The highest BCUT2D eigenvalue weighted by Gasteiger charge is 2.20. The summed E-state index contributed by atoms with van der Waals surface area (Å²) >= 11 is 3.42. The molecule has 84 valence electrons. The molecule has 3 heteroatoms. The first-order chi connectivity index (χ1) is 7.67. The largest absolute Gasteiger partial charge is 0.382 e. The third-order valence-electron chi connectivity index (χ3n) is 3.09. The first-order valence-corrected chi connectivity index (χ1v) is 6.44. The van der Waals surface area contributed by atoms with Gasteiger partial charge in [0, 0.05) is 16.2 Å². The normalized spacial score (nSPS) is 24.1. The minimum Gasteiger partial charge on any atom is -0.382 e. The van der Waals surface area contributed by atoms with Gasteiger partial charge in [0.15, 0.2) is 0 Å². The van der Waals surface area contributed by atoms with Crippen LogP contribution in [0, 0.1) is 17.2 Å². The maximum Gasteiger partial charge on any atom is 0.0992 e. The molecule has 2 atom stereocenters. The standard InChI is InChI=1S/C13H15BrN2/c1-9-2-3-12(4-9)16-13-6-10(8-15)5-11(14)7-13/h5-7,9,12,16H,2-4H2,1H3. The van der Waals surface area contributed by atoms with Crippen LogP contribution >= 0.6 is 15.9 Å². The summed E-state index contributed by atoms with van der Waals surface area (Å²) in [4.78, 5) is 0. The summed E-state index contributed by atoms with van der Waals surface area (Å²) in [6.07, 6.45) is 3.76. The van der Waals surface area contributed by atoms with Crippen LogP contribution in [0.25, 0.3) is 0 Å². The zero-order chi connectivity index (χ0) is 11.5. The van der Waals surface area contributed by atoms with Gasteiger partial charge >= 0.3 is 0 Å². The molecule has 1 N–H and O–H groups in total. The number of halogens is 1. The van der Waals surface area contributed by atoms with E-state index in [1.807, 2.05) is 18.2 Å². The van der Waals surface area contributed by atoms with Crippen LogP contribution in [0.3, 0.4) is 0 Å². The lowest BCUT2D eigenvalue weighted by Crippen LogP contribution is -2.15. The Morgan fingerprint density at radius 2 is 2.19 bits per heavy atom. The van der Waals surface area contributed by atoms with Gasteiger partial charge in [-0.2, -0.15) is 5.26 Å². The number of benzene rings is 1. The third kappa shape index (κ3) is 2.76. The van der Waals surface area contributed by atoms with Gasteiger partial charge in [0.05, 0.1) is 11.6 Å². The van der Waals surface area contributed by atoms with Crippen LogP contribution in [0.1, 0.15) is 31.7 Å². The van der Waals surface area contributed by atoms with Gasteiger partial charge in [0.1, 0.15) is 0 Å². The van der Waals surface area contributed by atoms with E-state index in [1.54, 1.807) is 0 Å². The summed E-state index contributed by atoms with van der Waals surface area (Å²) in [7, 11) is 0. The number of rotatable bonds is 2. The topological polar surface area (TPSA) is 35.8 Å². The molecule has 1 aliphatic carbocycles. The quantitative estimate of drug-likeness (QED) is 0.890. The summed E-state index contributed by atoms with van der Waals surface area (Å²) in [6, 6.07) is 8.52. The van der Waals surface area contributed by atoms with Crippen molar-refractivity contribution >= 4 is 21.6 Å². The monoisotopic (exact) mass is 278 g/mol. The molecule has 0 heterocycles. The zero-order valence-corrected chi connectivity index (χ0v) is 10.9. The highest BCUT2D eigenvalue weighted by atomic mass is 79.9. The average molecular weight is 279 g/mol. The molecular weight excluding hydrogens is 264 g/mol. The van der Waals surface area contributed by atoms with Gasteiger partial charge < -0.3 is 5.32 Å². The molecule has 0 aromatic heterocycles. The van der Waals surface area contributed by atoms with Crippen molar-refractivity contribution in [1.29, 1.82) is 5.26 Å². The summed E-state index contributed by atoms with van der Waals surface area (Å²) in [5.41, 5.74) is 1.74. The van der Waals surface area contributed by atoms with E-state index in [4.69, 9.17) is 5.26 Å². The zero-order valence-electron chi connectivity index (χ0n) is 9.33. The SMILES string of the molecule is CC1CCC(Nc2cc(Br)cc(C#N)c2)C1. The van der Waals surface area contributed by atoms with Crippen LogP contribution < -0.4 is 5.32 Å². The van der Waals surface area contributed by atoms with Crippen molar-refractivity contribution in [2.75, 3.05) is 5.32 Å². The second-order valence-corrected chi connectivity index (χ2v) is 5.52. The Morgan fingerprint density at radius 1 is 1.38 bits per heavy atom. The number of hydrogen-bond acceptors (Lipinski definition) is 2. The van der Waals surface area contributed by atoms with Gasteiger partial charge in [-0.05, 0) is 43.4 Å². The number of hydrogen-bond donors (Lipinski definition) is 1. The van der Waals surface area contributed by atoms with E-state index >= 15 is 0 Å². The van der Waals surface area contributed by atoms with Crippen molar-refractivity contribution in [2.24, 2.45) is 5.92 Å². The summed E-state index contributed by atoms with van der Waals surface area (Å²) < 4.78 is 0.958. The van der Waals surface area contributed by atoms with Crippen LogP contribution in [-0.4, -0.2) is 6.04 Å². The molecule has 1 aromatic carbocycles. The molecule has 2 nitrogen and oxygen atoms in total. The van der Waals surface area contributed by atoms with Crippen molar-refractivity contribution in [3.8, 4) is 6.07 Å². The molecule has 1 aromatic rings. The Hall–Kier alpha value is -1.01. The average Bonchev–Trinajstić information content (AvgIpc) is 2.63. The molecule has 2 unspecified atom stereocenters. The lowest BCUT2D eigenvalue weighted by Gasteiger charge is -2.14. The van der Waals surface area contributed by atoms with Gasteiger partial charge in [-0.1, -0.05) is 22.9 Å². The molecular formula is C13H15BrN2. The minimum atomic E-state index is 0.566. The van der Waals surface area contributed by atoms with E-state index in [-0.39, 0.29) is 0 Å². The Labute approximate surface area is 105 Å². The number of nitrogens with one attached hydrogen (secondary N) is 1. The molecule has 0 saturated heterocycles. The van der Waals surface area contributed by atoms with Crippen molar-refractivity contribution in [2.45, 2.75) is 32.2 Å². The molecule has 1 fully saturated rings. The third-order valence-corrected chi connectivity index (χ3v) is 3.55. The van der Waals surface area contributed by atoms with Gasteiger partial charge in [-0.25, -0.2) is 0 Å². The molecule has 0 spiro atoms. The Kier molecular flexibility index (Phi) is 3.50. The van der Waals surface area contributed by atoms with Crippen LogP contribution in [0.15, 0.2) is 22.7 Å². The van der Waals surface area contributed by atoms with Crippen molar-refractivity contribution < 1.29 is 0 Å². The lowest BCUT2D eigenvalue weighted by atomic mass is 10.1. The fourth-order valence-corrected chi connectivity index (χ4v) is 2.80. The van der Waals surface area contributed by atoms with Gasteiger partial charge in [0.25, 0.3) is 0 Å². The van der Waals surface area contributed by atoms with E-state index in [1.165, 1.54) is 19.3 Å². The molecule has 2 rings (SSSR count). The second-order valence-electron chi connectivity index (χ2n) is 4.60. The van der Waals surface area contributed by atoms with Gasteiger partial charge in [-0.15, -0.1) is 0 Å². The fourth-order valence-electron chi connectivity index (χ4n) is 2.31. The van der Waals surface area contributed by atoms with Crippen LogP contribution in [0.2, 0.25) is 0 Å². The maximum atomic E-state index is 8.89. The van der Waals surface area contributed by atoms with E-state index in [0.717, 1.165) is 16.1 Å². The minimum absolute atomic E-state index is 0.566. The van der Waals surface area contributed by atoms with Crippen LogP contribution in [0.4, 0.5) is 5.69 Å². The maximum absolute atomic E-state index is 8.89. The first-order valence-electron chi connectivity index (χ1n) is 5.64. The number of anilines is 1. The van der Waals surface area contributed by atoms with E-state index in [2.05, 4.69) is 34.2 Å². The molecule has 1 saturated carbocycles. The van der Waals surface area contributed by atoms with E-state index in [0.29, 0.717) is 11.6 Å². The molecule has 16 heavy (non-hydrogen) atoms. The second kappa shape index (κ2) is 4.88. The van der Waals surface area contributed by atoms with Crippen molar-refractivity contribution in [3.63, 3.8) is 0 Å². The summed E-state index contributed by atoms with van der Waals surface area (Å²) in [5, 5.41) is 12.4. The number of nitrogens with zero attached hydrogens (tertiary/aromatic N) is 1. The highest BCUT2D eigenvalue weighted by molar-refractivity contribution is 9.10. The highest BCUT2D eigenvalue weighted by Crippen LogP contribution is 2.28. The molecule has 0 bridgehead atoms.